The molecule has 0 aromatic carbocycles. The second-order valence-corrected chi connectivity index (χ2v) is 3.89. The molecule has 1 N–H and O–H groups in total. The molecule has 3 heterocycles. The summed E-state index contributed by atoms with van der Waals surface area (Å²) >= 11 is 0. The van der Waals surface area contributed by atoms with Gasteiger partial charge in [0.2, 0.25) is 0 Å². The first-order valence-corrected chi connectivity index (χ1v) is 6.62. The Morgan fingerprint density at radius 3 is 2.48 bits per heavy atom. The number of methoxy groups -OCH3 is 1. The molecule has 0 saturated heterocycles. The summed E-state index contributed by atoms with van der Waals surface area (Å²) in [5.41, 5.74) is 1.03. The normalized spacial score (nSPS) is 9.86. The quantitative estimate of drug-likeness (QED) is 0.781. The van der Waals surface area contributed by atoms with Crippen LogP contribution in [0.2, 0.25) is 0 Å². The lowest BCUT2D eigenvalue weighted by atomic mass is 10.2. The second kappa shape index (κ2) is 6.60. The van der Waals surface area contributed by atoms with Gasteiger partial charge in [-0.2, -0.15) is 0 Å². The Morgan fingerprint density at radius 2 is 1.81 bits per heavy atom. The van der Waals surface area contributed by atoms with Crippen LogP contribution in [0.3, 0.4) is 0 Å². The largest absolute Gasteiger partial charge is 0.494 e. The van der Waals surface area contributed by atoms with Crippen molar-refractivity contribution in [3.63, 3.8) is 0 Å². The van der Waals surface area contributed by atoms with Crippen molar-refractivity contribution < 1.29 is 4.74 Å². The highest BCUT2D eigenvalue weighted by Gasteiger charge is 2.10. The van der Waals surface area contributed by atoms with Crippen LogP contribution in [0.5, 0.6) is 5.75 Å². The number of aromatic nitrogens is 4. The van der Waals surface area contributed by atoms with Crippen LogP contribution < -0.4 is 10.3 Å². The second-order valence-electron chi connectivity index (χ2n) is 3.89. The smallest absolute Gasteiger partial charge is 0.262 e. The van der Waals surface area contributed by atoms with Crippen LogP contribution in [0.25, 0.3) is 22.3 Å². The van der Waals surface area contributed by atoms with Crippen molar-refractivity contribution in [3.05, 3.63) is 47.3 Å². The fraction of sp³-hybridized carbons (Fsp3) is 0.200. The summed E-state index contributed by atoms with van der Waals surface area (Å²) in [4.78, 5) is 27.2. The van der Waals surface area contributed by atoms with Gasteiger partial charge in [0, 0.05) is 18.0 Å². The average Bonchev–Trinajstić information content (AvgIpc) is 2.56. The van der Waals surface area contributed by atoms with E-state index >= 15 is 0 Å². The van der Waals surface area contributed by atoms with E-state index in [0.29, 0.717) is 22.5 Å². The van der Waals surface area contributed by atoms with E-state index in [9.17, 15) is 4.79 Å². The van der Waals surface area contributed by atoms with Crippen molar-refractivity contribution in [1.82, 2.24) is 19.9 Å². The number of H-pyrrole nitrogens is 1. The molecule has 3 rings (SSSR count). The van der Waals surface area contributed by atoms with Gasteiger partial charge in [-0.1, -0.05) is 13.8 Å². The van der Waals surface area contributed by atoms with E-state index in [0.717, 1.165) is 5.56 Å². The fourth-order valence-electron chi connectivity index (χ4n) is 1.86. The average molecular weight is 284 g/mol. The highest BCUT2D eigenvalue weighted by molar-refractivity contribution is 5.84. The van der Waals surface area contributed by atoms with E-state index < -0.39 is 0 Å². The molecular formula is C15H16N4O2. The SMILES string of the molecule is CC.COc1cncc2nc(-c3ccncc3)[nH]c(=O)c12. The van der Waals surface area contributed by atoms with E-state index in [-0.39, 0.29) is 5.56 Å². The van der Waals surface area contributed by atoms with Crippen LogP contribution in [0, 0.1) is 0 Å². The van der Waals surface area contributed by atoms with Crippen LogP contribution in [0.4, 0.5) is 0 Å². The van der Waals surface area contributed by atoms with Gasteiger partial charge < -0.3 is 9.72 Å². The van der Waals surface area contributed by atoms with Gasteiger partial charge in [0.25, 0.3) is 5.56 Å². The highest BCUT2D eigenvalue weighted by Crippen LogP contribution is 2.20. The number of ether oxygens (including phenoxy) is 1. The summed E-state index contributed by atoms with van der Waals surface area (Å²) in [6.45, 7) is 4.00. The molecule has 108 valence electrons. The van der Waals surface area contributed by atoms with Crippen molar-refractivity contribution in [2.45, 2.75) is 13.8 Å². The van der Waals surface area contributed by atoms with E-state index in [1.54, 1.807) is 24.5 Å². The zero-order chi connectivity index (χ0) is 15.2. The lowest BCUT2D eigenvalue weighted by Gasteiger charge is -2.05. The molecule has 0 aliphatic carbocycles. The summed E-state index contributed by atoms with van der Waals surface area (Å²) in [5, 5.41) is 0.398. The van der Waals surface area contributed by atoms with Crippen molar-refractivity contribution in [2.75, 3.05) is 7.11 Å². The minimum absolute atomic E-state index is 0.254. The maximum atomic E-state index is 12.1. The predicted octanol–water partition coefficient (Wildman–Crippen LogP) is 2.41. The molecule has 0 radical (unpaired) electrons. The first-order valence-electron chi connectivity index (χ1n) is 6.62. The maximum Gasteiger partial charge on any atom is 0.262 e. The van der Waals surface area contributed by atoms with Crippen molar-refractivity contribution in [2.24, 2.45) is 0 Å². The molecule has 6 heteroatoms. The summed E-state index contributed by atoms with van der Waals surface area (Å²) in [5.74, 6) is 0.891. The van der Waals surface area contributed by atoms with Gasteiger partial charge in [0.1, 0.15) is 16.7 Å². The Morgan fingerprint density at radius 1 is 1.10 bits per heavy atom. The molecule has 0 spiro atoms. The number of fused-ring (bicyclic) bond motifs is 1. The number of nitrogens with zero attached hydrogens (tertiary/aromatic N) is 3. The first-order chi connectivity index (χ1) is 10.3. The van der Waals surface area contributed by atoms with Crippen LogP contribution in [-0.2, 0) is 0 Å². The third-order valence-electron chi connectivity index (χ3n) is 2.76. The Hall–Kier alpha value is -2.76. The molecule has 6 nitrogen and oxygen atoms in total. The minimum Gasteiger partial charge on any atom is -0.494 e. The van der Waals surface area contributed by atoms with Gasteiger partial charge in [-0.15, -0.1) is 0 Å². The van der Waals surface area contributed by atoms with Gasteiger partial charge in [0.05, 0.1) is 19.5 Å². The molecule has 0 aliphatic heterocycles. The molecule has 0 atom stereocenters. The van der Waals surface area contributed by atoms with E-state index in [4.69, 9.17) is 4.74 Å². The number of aromatic amines is 1. The Kier molecular flexibility index (Phi) is 4.61. The van der Waals surface area contributed by atoms with Gasteiger partial charge in [-0.05, 0) is 12.1 Å². The molecule has 3 aromatic heterocycles. The van der Waals surface area contributed by atoms with E-state index in [1.807, 2.05) is 13.8 Å². The fourth-order valence-corrected chi connectivity index (χ4v) is 1.86. The number of hydrogen-bond donors (Lipinski definition) is 1. The van der Waals surface area contributed by atoms with Crippen LogP contribution in [-0.4, -0.2) is 27.0 Å². The van der Waals surface area contributed by atoms with E-state index in [1.165, 1.54) is 19.5 Å². The maximum absolute atomic E-state index is 12.1. The molecule has 21 heavy (non-hydrogen) atoms. The number of nitrogens with one attached hydrogen (secondary N) is 1. The third kappa shape index (κ3) is 2.89. The molecule has 0 amide bonds. The van der Waals surface area contributed by atoms with Crippen LogP contribution in [0.1, 0.15) is 13.8 Å². The molecule has 3 aromatic rings. The van der Waals surface area contributed by atoms with Crippen molar-refractivity contribution in [3.8, 4) is 17.1 Å². The number of hydrogen-bond acceptors (Lipinski definition) is 5. The van der Waals surface area contributed by atoms with Gasteiger partial charge in [-0.3, -0.25) is 14.8 Å². The minimum atomic E-state index is -0.254. The molecule has 0 saturated carbocycles. The zero-order valence-electron chi connectivity index (χ0n) is 12.1. The summed E-state index contributed by atoms with van der Waals surface area (Å²) in [6.07, 6.45) is 6.32. The van der Waals surface area contributed by atoms with Gasteiger partial charge in [-0.25, -0.2) is 4.98 Å². The topological polar surface area (TPSA) is 80.8 Å². The highest BCUT2D eigenvalue weighted by atomic mass is 16.5. The monoisotopic (exact) mass is 284 g/mol. The van der Waals surface area contributed by atoms with Crippen molar-refractivity contribution in [1.29, 1.82) is 0 Å². The van der Waals surface area contributed by atoms with E-state index in [2.05, 4.69) is 19.9 Å². The van der Waals surface area contributed by atoms with Gasteiger partial charge in [0.15, 0.2) is 5.75 Å². The summed E-state index contributed by atoms with van der Waals surface area (Å²) < 4.78 is 5.12. The lowest BCUT2D eigenvalue weighted by molar-refractivity contribution is 0.417. The number of rotatable bonds is 2. The summed E-state index contributed by atoms with van der Waals surface area (Å²) in [6, 6.07) is 3.55. The van der Waals surface area contributed by atoms with Crippen molar-refractivity contribution >= 4 is 10.9 Å². The molecular weight excluding hydrogens is 268 g/mol. The Balaban J connectivity index is 0.000000774. The third-order valence-corrected chi connectivity index (χ3v) is 2.76. The zero-order valence-corrected chi connectivity index (χ0v) is 12.1. The van der Waals surface area contributed by atoms with Crippen LogP contribution in [0.15, 0.2) is 41.7 Å². The Bertz CT molecular complexity index is 785. The van der Waals surface area contributed by atoms with Gasteiger partial charge >= 0.3 is 0 Å². The van der Waals surface area contributed by atoms with Crippen LogP contribution >= 0.6 is 0 Å². The Labute approximate surface area is 121 Å². The standard InChI is InChI=1S/C13H10N4O2.C2H6/c1-19-10-7-15-6-9-11(10)13(18)17-12(16-9)8-2-4-14-5-3-8;1-2/h2-7H,1H3,(H,16,17,18);1-2H3. The molecule has 0 aliphatic rings. The molecule has 0 bridgehead atoms. The molecule has 0 unspecified atom stereocenters. The lowest BCUT2D eigenvalue weighted by Crippen LogP contribution is -2.11. The summed E-state index contributed by atoms with van der Waals surface area (Å²) in [7, 11) is 1.49. The predicted molar refractivity (Wildman–Crippen MR) is 81.3 cm³/mol. The number of pyridine rings is 2. The molecule has 0 fully saturated rings. The first kappa shape index (κ1) is 14.6.